The maximum absolute atomic E-state index is 12.5. The summed E-state index contributed by atoms with van der Waals surface area (Å²) >= 11 is 0. The average Bonchev–Trinajstić information content (AvgIpc) is 2.77. The Kier molecular flexibility index (Phi) is 6.68. The van der Waals surface area contributed by atoms with Crippen LogP contribution in [0.4, 0.5) is 0 Å². The molecule has 0 aromatic heterocycles. The van der Waals surface area contributed by atoms with Gasteiger partial charge in [0.25, 0.3) is 5.91 Å². The molecule has 0 saturated carbocycles. The fraction of sp³-hybridized carbons (Fsp3) is 0.208. The van der Waals surface area contributed by atoms with Crippen molar-refractivity contribution < 1.29 is 14.3 Å². The van der Waals surface area contributed by atoms with E-state index in [9.17, 15) is 4.79 Å². The van der Waals surface area contributed by atoms with E-state index in [-0.39, 0.29) is 5.91 Å². The van der Waals surface area contributed by atoms with Crippen molar-refractivity contribution in [2.75, 3.05) is 7.11 Å². The minimum atomic E-state index is -0.527. The lowest BCUT2D eigenvalue weighted by Gasteiger charge is -2.17. The summed E-state index contributed by atoms with van der Waals surface area (Å²) in [6, 6.07) is 25.6. The van der Waals surface area contributed by atoms with Crippen LogP contribution in [0.5, 0.6) is 11.5 Å². The third-order valence-corrected chi connectivity index (χ3v) is 4.53. The number of benzene rings is 3. The number of rotatable bonds is 8. The first-order valence-corrected chi connectivity index (χ1v) is 9.42. The molecule has 0 aliphatic heterocycles. The smallest absolute Gasteiger partial charge is 0.261 e. The van der Waals surface area contributed by atoms with E-state index in [0.29, 0.717) is 18.7 Å². The zero-order chi connectivity index (χ0) is 19.8. The van der Waals surface area contributed by atoms with Gasteiger partial charge in [0.1, 0.15) is 11.5 Å². The highest BCUT2D eigenvalue weighted by Crippen LogP contribution is 2.23. The quantitative estimate of drug-likeness (QED) is 0.613. The second-order valence-corrected chi connectivity index (χ2v) is 6.47. The topological polar surface area (TPSA) is 47.6 Å². The largest absolute Gasteiger partial charge is 0.497 e. The van der Waals surface area contributed by atoms with Crippen LogP contribution in [0.3, 0.4) is 0 Å². The average molecular weight is 375 g/mol. The molecule has 0 radical (unpaired) electrons. The number of nitrogens with one attached hydrogen (secondary N) is 1. The van der Waals surface area contributed by atoms with Gasteiger partial charge >= 0.3 is 0 Å². The number of methoxy groups -OCH3 is 1. The summed E-state index contributed by atoms with van der Waals surface area (Å²) in [5.74, 6) is 1.36. The lowest BCUT2D eigenvalue weighted by molar-refractivity contribution is -0.128. The van der Waals surface area contributed by atoms with Crippen molar-refractivity contribution in [1.29, 1.82) is 0 Å². The van der Waals surface area contributed by atoms with E-state index in [1.807, 2.05) is 73.7 Å². The molecule has 0 bridgehead atoms. The summed E-state index contributed by atoms with van der Waals surface area (Å²) < 4.78 is 11.1. The van der Waals surface area contributed by atoms with Gasteiger partial charge in [-0.1, -0.05) is 61.5 Å². The molecule has 28 heavy (non-hydrogen) atoms. The Labute approximate surface area is 166 Å². The van der Waals surface area contributed by atoms with E-state index in [1.54, 1.807) is 7.11 Å². The highest BCUT2D eigenvalue weighted by Gasteiger charge is 2.18. The Morgan fingerprint density at radius 2 is 1.46 bits per heavy atom. The number of carbonyl (C=O) groups is 1. The predicted octanol–water partition coefficient (Wildman–Crippen LogP) is 4.84. The van der Waals surface area contributed by atoms with Crippen LogP contribution in [-0.4, -0.2) is 19.1 Å². The Morgan fingerprint density at radius 3 is 2.07 bits per heavy atom. The Morgan fingerprint density at radius 1 is 0.857 bits per heavy atom. The number of amides is 1. The van der Waals surface area contributed by atoms with Gasteiger partial charge in [-0.3, -0.25) is 4.79 Å². The van der Waals surface area contributed by atoms with Crippen molar-refractivity contribution in [3.63, 3.8) is 0 Å². The zero-order valence-electron chi connectivity index (χ0n) is 16.2. The summed E-state index contributed by atoms with van der Waals surface area (Å²) in [7, 11) is 1.63. The number of hydrogen-bond donors (Lipinski definition) is 1. The minimum Gasteiger partial charge on any atom is -0.497 e. The fourth-order valence-corrected chi connectivity index (χ4v) is 2.89. The maximum atomic E-state index is 12.5. The molecule has 0 saturated heterocycles. The lowest BCUT2D eigenvalue weighted by atomic mass is 10.1. The number of ether oxygens (including phenoxy) is 2. The number of hydrogen-bond acceptors (Lipinski definition) is 3. The second-order valence-electron chi connectivity index (χ2n) is 6.47. The molecule has 0 heterocycles. The van der Waals surface area contributed by atoms with Gasteiger partial charge in [-0.2, -0.15) is 0 Å². The third kappa shape index (κ3) is 5.13. The van der Waals surface area contributed by atoms with E-state index in [0.717, 1.165) is 22.4 Å². The molecule has 0 aliphatic carbocycles. The van der Waals surface area contributed by atoms with Crippen LogP contribution in [0.1, 0.15) is 18.9 Å². The van der Waals surface area contributed by atoms with Crippen LogP contribution in [0, 0.1) is 0 Å². The molecule has 3 aromatic carbocycles. The van der Waals surface area contributed by atoms with E-state index in [4.69, 9.17) is 9.47 Å². The summed E-state index contributed by atoms with van der Waals surface area (Å²) in [5.41, 5.74) is 3.28. The molecule has 3 aromatic rings. The highest BCUT2D eigenvalue weighted by atomic mass is 16.5. The first-order chi connectivity index (χ1) is 13.7. The van der Waals surface area contributed by atoms with Crippen LogP contribution in [0.15, 0.2) is 78.9 Å². The van der Waals surface area contributed by atoms with Crippen molar-refractivity contribution >= 4 is 5.91 Å². The molecule has 1 N–H and O–H groups in total. The molecule has 4 heteroatoms. The van der Waals surface area contributed by atoms with Crippen LogP contribution in [-0.2, 0) is 11.3 Å². The first kappa shape index (κ1) is 19.5. The molecule has 1 amide bonds. The molecule has 144 valence electrons. The Bertz CT molecular complexity index is 874. The van der Waals surface area contributed by atoms with Gasteiger partial charge < -0.3 is 14.8 Å². The molecule has 3 rings (SSSR count). The van der Waals surface area contributed by atoms with Crippen molar-refractivity contribution in [3.05, 3.63) is 84.4 Å². The Hall–Kier alpha value is -3.27. The third-order valence-electron chi connectivity index (χ3n) is 4.53. The summed E-state index contributed by atoms with van der Waals surface area (Å²) in [4.78, 5) is 12.5. The predicted molar refractivity (Wildman–Crippen MR) is 111 cm³/mol. The van der Waals surface area contributed by atoms with Crippen molar-refractivity contribution in [1.82, 2.24) is 5.32 Å². The van der Waals surface area contributed by atoms with Crippen LogP contribution >= 0.6 is 0 Å². The normalized spacial score (nSPS) is 11.5. The summed E-state index contributed by atoms with van der Waals surface area (Å²) in [5, 5.41) is 2.94. The van der Waals surface area contributed by atoms with Gasteiger partial charge in [0.05, 0.1) is 7.11 Å². The second kappa shape index (κ2) is 9.60. The number of carbonyl (C=O) groups excluding carboxylic acids is 1. The fourth-order valence-electron chi connectivity index (χ4n) is 2.89. The van der Waals surface area contributed by atoms with Gasteiger partial charge in [0.2, 0.25) is 0 Å². The van der Waals surface area contributed by atoms with Crippen molar-refractivity contribution in [2.45, 2.75) is 26.0 Å². The van der Waals surface area contributed by atoms with Crippen molar-refractivity contribution in [2.24, 2.45) is 0 Å². The van der Waals surface area contributed by atoms with Crippen LogP contribution < -0.4 is 14.8 Å². The van der Waals surface area contributed by atoms with Crippen LogP contribution in [0.25, 0.3) is 11.1 Å². The summed E-state index contributed by atoms with van der Waals surface area (Å²) in [6.45, 7) is 2.39. The van der Waals surface area contributed by atoms with E-state index in [1.165, 1.54) is 0 Å². The molecule has 1 atom stereocenters. The molecule has 0 fully saturated rings. The first-order valence-electron chi connectivity index (χ1n) is 9.42. The van der Waals surface area contributed by atoms with E-state index in [2.05, 4.69) is 17.4 Å². The molecule has 4 nitrogen and oxygen atoms in total. The van der Waals surface area contributed by atoms with Gasteiger partial charge in [-0.15, -0.1) is 0 Å². The highest BCUT2D eigenvalue weighted by molar-refractivity contribution is 5.81. The van der Waals surface area contributed by atoms with Gasteiger partial charge in [0, 0.05) is 6.54 Å². The van der Waals surface area contributed by atoms with Crippen LogP contribution in [0.2, 0.25) is 0 Å². The molecular weight excluding hydrogens is 350 g/mol. The van der Waals surface area contributed by atoms with Gasteiger partial charge in [0.15, 0.2) is 6.10 Å². The minimum absolute atomic E-state index is 0.120. The Balaban J connectivity index is 1.57. The van der Waals surface area contributed by atoms with Gasteiger partial charge in [-0.25, -0.2) is 0 Å². The monoisotopic (exact) mass is 375 g/mol. The molecule has 1 unspecified atom stereocenters. The summed E-state index contributed by atoms with van der Waals surface area (Å²) in [6.07, 6.45) is 0.0651. The van der Waals surface area contributed by atoms with E-state index >= 15 is 0 Å². The van der Waals surface area contributed by atoms with Gasteiger partial charge in [-0.05, 0) is 47.4 Å². The standard InChI is InChI=1S/C24H25NO3/c1-3-23(24(26)25-17-18-9-13-21(27-2)14-10-18)28-22-15-11-20(12-16-22)19-7-5-4-6-8-19/h4-16,23H,3,17H2,1-2H3,(H,25,26). The van der Waals surface area contributed by atoms with Crippen molar-refractivity contribution in [3.8, 4) is 22.6 Å². The maximum Gasteiger partial charge on any atom is 0.261 e. The molecular formula is C24H25NO3. The molecule has 0 spiro atoms. The molecule has 0 aliphatic rings. The zero-order valence-corrected chi connectivity index (χ0v) is 16.2. The van der Waals surface area contributed by atoms with E-state index < -0.39 is 6.10 Å². The SMILES string of the molecule is CCC(Oc1ccc(-c2ccccc2)cc1)C(=O)NCc1ccc(OC)cc1. The lowest BCUT2D eigenvalue weighted by Crippen LogP contribution is -2.37.